The molecule has 0 saturated carbocycles. The summed E-state index contributed by atoms with van der Waals surface area (Å²) in [7, 11) is 1.90. The Morgan fingerprint density at radius 3 is 2.44 bits per heavy atom. The van der Waals surface area contributed by atoms with Gasteiger partial charge in [-0.05, 0) is 13.5 Å². The van der Waals surface area contributed by atoms with Gasteiger partial charge in [-0.2, -0.15) is 0 Å². The average Bonchev–Trinajstić information content (AvgIpc) is 1.79. The molecule has 2 N–H and O–H groups in total. The third kappa shape index (κ3) is 1.23. The molecule has 1 heterocycles. The third-order valence-electron chi connectivity index (χ3n) is 1.88. The largest absolute Gasteiger partial charge is 0.396 e. The molecular formula is C6H13NO2. The van der Waals surface area contributed by atoms with Gasteiger partial charge in [-0.3, -0.25) is 0 Å². The standard InChI is InChI=1S/C6H13NO2/c1-7-6(2-3-8)4-9-5-6/h7-8H,2-5H2,1H3. The van der Waals surface area contributed by atoms with E-state index in [4.69, 9.17) is 9.84 Å². The second-order valence-electron chi connectivity index (χ2n) is 2.50. The maximum absolute atomic E-state index is 8.60. The fourth-order valence-corrected chi connectivity index (χ4v) is 0.976. The van der Waals surface area contributed by atoms with Gasteiger partial charge < -0.3 is 15.2 Å². The van der Waals surface area contributed by atoms with Crippen LogP contribution in [0.4, 0.5) is 0 Å². The van der Waals surface area contributed by atoms with Crippen LogP contribution in [-0.4, -0.2) is 37.5 Å². The highest BCUT2D eigenvalue weighted by molar-refractivity contribution is 4.92. The summed E-state index contributed by atoms with van der Waals surface area (Å²) in [5.74, 6) is 0. The van der Waals surface area contributed by atoms with Crippen molar-refractivity contribution in [3.05, 3.63) is 0 Å². The number of likely N-dealkylation sites (N-methyl/N-ethyl adjacent to an activating group) is 1. The lowest BCUT2D eigenvalue weighted by Crippen LogP contribution is -2.59. The molecule has 0 aromatic rings. The van der Waals surface area contributed by atoms with Crippen molar-refractivity contribution in [1.29, 1.82) is 0 Å². The van der Waals surface area contributed by atoms with Gasteiger partial charge in [0.15, 0.2) is 0 Å². The third-order valence-corrected chi connectivity index (χ3v) is 1.88. The second kappa shape index (κ2) is 2.64. The maximum Gasteiger partial charge on any atom is 0.0673 e. The van der Waals surface area contributed by atoms with Gasteiger partial charge in [0.05, 0.1) is 18.8 Å². The second-order valence-corrected chi connectivity index (χ2v) is 2.50. The van der Waals surface area contributed by atoms with Crippen molar-refractivity contribution in [1.82, 2.24) is 5.32 Å². The molecule has 9 heavy (non-hydrogen) atoms. The van der Waals surface area contributed by atoms with Gasteiger partial charge in [0.2, 0.25) is 0 Å². The summed E-state index contributed by atoms with van der Waals surface area (Å²) < 4.78 is 5.01. The number of ether oxygens (including phenoxy) is 1. The highest BCUT2D eigenvalue weighted by Gasteiger charge is 2.35. The Bertz CT molecular complexity index is 85.5. The van der Waals surface area contributed by atoms with Crippen molar-refractivity contribution in [2.24, 2.45) is 0 Å². The minimum absolute atomic E-state index is 0.0920. The van der Waals surface area contributed by atoms with E-state index in [-0.39, 0.29) is 12.1 Å². The molecule has 1 fully saturated rings. The number of aliphatic hydroxyl groups excluding tert-OH is 1. The van der Waals surface area contributed by atoms with Gasteiger partial charge in [0.25, 0.3) is 0 Å². The predicted molar refractivity (Wildman–Crippen MR) is 34.3 cm³/mol. The van der Waals surface area contributed by atoms with Gasteiger partial charge >= 0.3 is 0 Å². The molecule has 3 heteroatoms. The number of nitrogens with one attached hydrogen (secondary N) is 1. The number of hydrogen-bond donors (Lipinski definition) is 2. The van der Waals surface area contributed by atoms with Gasteiger partial charge in [-0.25, -0.2) is 0 Å². The van der Waals surface area contributed by atoms with Crippen LogP contribution in [0.3, 0.4) is 0 Å². The summed E-state index contributed by atoms with van der Waals surface area (Å²) in [5.41, 5.74) is 0.0920. The minimum atomic E-state index is 0.0920. The van der Waals surface area contributed by atoms with Crippen LogP contribution in [0.25, 0.3) is 0 Å². The van der Waals surface area contributed by atoms with Crippen LogP contribution >= 0.6 is 0 Å². The number of hydrogen-bond acceptors (Lipinski definition) is 3. The van der Waals surface area contributed by atoms with E-state index < -0.39 is 0 Å². The van der Waals surface area contributed by atoms with E-state index in [0.717, 1.165) is 19.6 Å². The van der Waals surface area contributed by atoms with Crippen LogP contribution in [0.5, 0.6) is 0 Å². The monoisotopic (exact) mass is 131 g/mol. The first-order valence-electron chi connectivity index (χ1n) is 3.20. The maximum atomic E-state index is 8.60. The van der Waals surface area contributed by atoms with E-state index in [1.807, 2.05) is 7.05 Å². The number of rotatable bonds is 3. The molecule has 1 aliphatic heterocycles. The quantitative estimate of drug-likeness (QED) is 0.535. The predicted octanol–water partition coefficient (Wildman–Crippen LogP) is -0.643. The van der Waals surface area contributed by atoms with Crippen molar-refractivity contribution in [3.63, 3.8) is 0 Å². The van der Waals surface area contributed by atoms with E-state index in [1.165, 1.54) is 0 Å². The summed E-state index contributed by atoms with van der Waals surface area (Å²) in [6, 6.07) is 0. The molecule has 0 spiro atoms. The van der Waals surface area contributed by atoms with Crippen molar-refractivity contribution in [3.8, 4) is 0 Å². The van der Waals surface area contributed by atoms with E-state index in [1.54, 1.807) is 0 Å². The van der Waals surface area contributed by atoms with Crippen molar-refractivity contribution in [2.45, 2.75) is 12.0 Å². The Morgan fingerprint density at radius 1 is 1.67 bits per heavy atom. The lowest BCUT2D eigenvalue weighted by atomic mass is 9.94. The van der Waals surface area contributed by atoms with Gasteiger partial charge in [-0.1, -0.05) is 0 Å². The lowest BCUT2D eigenvalue weighted by Gasteiger charge is -2.40. The topological polar surface area (TPSA) is 41.5 Å². The van der Waals surface area contributed by atoms with Crippen molar-refractivity contribution in [2.75, 3.05) is 26.9 Å². The smallest absolute Gasteiger partial charge is 0.0673 e. The SMILES string of the molecule is CNC1(CCO)COC1. The van der Waals surface area contributed by atoms with Gasteiger partial charge in [0, 0.05) is 6.61 Å². The number of aliphatic hydroxyl groups is 1. The Hall–Kier alpha value is -0.120. The summed E-state index contributed by atoms with van der Waals surface area (Å²) in [6.07, 6.45) is 0.795. The van der Waals surface area contributed by atoms with Crippen LogP contribution < -0.4 is 5.32 Å². The first-order chi connectivity index (χ1) is 4.33. The van der Waals surface area contributed by atoms with Gasteiger partial charge in [0.1, 0.15) is 0 Å². The molecule has 1 saturated heterocycles. The molecule has 0 aromatic carbocycles. The fourth-order valence-electron chi connectivity index (χ4n) is 0.976. The Kier molecular flexibility index (Phi) is 2.05. The minimum Gasteiger partial charge on any atom is -0.396 e. The van der Waals surface area contributed by atoms with Crippen molar-refractivity contribution < 1.29 is 9.84 Å². The molecule has 1 rings (SSSR count). The van der Waals surface area contributed by atoms with E-state index >= 15 is 0 Å². The highest BCUT2D eigenvalue weighted by Crippen LogP contribution is 2.19. The van der Waals surface area contributed by atoms with Crippen LogP contribution in [-0.2, 0) is 4.74 Å². The normalized spacial score (nSPS) is 23.3. The molecule has 0 aromatic heterocycles. The lowest BCUT2D eigenvalue weighted by molar-refractivity contribution is -0.0800. The molecule has 3 nitrogen and oxygen atoms in total. The van der Waals surface area contributed by atoms with Gasteiger partial charge in [-0.15, -0.1) is 0 Å². The zero-order chi connectivity index (χ0) is 6.74. The first kappa shape index (κ1) is 6.99. The Balaban J connectivity index is 2.28. The molecule has 0 atom stereocenters. The highest BCUT2D eigenvalue weighted by atomic mass is 16.5. The molecule has 54 valence electrons. The molecular weight excluding hydrogens is 118 g/mol. The summed E-state index contributed by atoms with van der Waals surface area (Å²) >= 11 is 0. The molecule has 0 unspecified atom stereocenters. The van der Waals surface area contributed by atoms with E-state index in [0.29, 0.717) is 0 Å². The Morgan fingerprint density at radius 2 is 2.33 bits per heavy atom. The van der Waals surface area contributed by atoms with Crippen molar-refractivity contribution >= 4 is 0 Å². The molecule has 0 amide bonds. The van der Waals surface area contributed by atoms with Crippen LogP contribution in [0.15, 0.2) is 0 Å². The zero-order valence-corrected chi connectivity index (χ0v) is 5.68. The van der Waals surface area contributed by atoms with E-state index in [9.17, 15) is 0 Å². The molecule has 1 aliphatic rings. The fraction of sp³-hybridized carbons (Fsp3) is 1.00. The van der Waals surface area contributed by atoms with Crippen LogP contribution in [0.2, 0.25) is 0 Å². The van der Waals surface area contributed by atoms with Crippen LogP contribution in [0.1, 0.15) is 6.42 Å². The Labute approximate surface area is 55.0 Å². The average molecular weight is 131 g/mol. The van der Waals surface area contributed by atoms with Crippen LogP contribution in [0, 0.1) is 0 Å². The molecule has 0 bridgehead atoms. The summed E-state index contributed by atoms with van der Waals surface area (Å²) in [5, 5.41) is 11.7. The van der Waals surface area contributed by atoms with E-state index in [2.05, 4.69) is 5.32 Å². The summed E-state index contributed by atoms with van der Waals surface area (Å²) in [4.78, 5) is 0. The zero-order valence-electron chi connectivity index (χ0n) is 5.68. The summed E-state index contributed by atoms with van der Waals surface area (Å²) in [6.45, 7) is 1.72. The first-order valence-corrected chi connectivity index (χ1v) is 3.20. The molecule has 0 radical (unpaired) electrons. The molecule has 0 aliphatic carbocycles.